The second-order valence-electron chi connectivity index (χ2n) is 5.82. The average molecular weight is 447 g/mol. The van der Waals surface area contributed by atoms with Gasteiger partial charge in [-0.25, -0.2) is 4.99 Å². The SMILES string of the molecule is CCNC(=NCc1ccc(C)cc1)NCCCOC1CCOC1.I. The highest BCUT2D eigenvalue weighted by molar-refractivity contribution is 14.0. The molecule has 1 aliphatic rings. The number of rotatable bonds is 8. The summed E-state index contributed by atoms with van der Waals surface area (Å²) in [4.78, 5) is 4.62. The molecule has 0 saturated carbocycles. The van der Waals surface area contributed by atoms with Crippen LogP contribution in [0, 0.1) is 6.92 Å². The van der Waals surface area contributed by atoms with Gasteiger partial charge in [0.25, 0.3) is 0 Å². The molecule has 1 atom stereocenters. The fourth-order valence-corrected chi connectivity index (χ4v) is 2.38. The van der Waals surface area contributed by atoms with Crippen molar-refractivity contribution in [1.82, 2.24) is 10.6 Å². The second kappa shape index (κ2) is 12.5. The van der Waals surface area contributed by atoms with Crippen LogP contribution in [0.2, 0.25) is 0 Å². The van der Waals surface area contributed by atoms with Gasteiger partial charge in [0.1, 0.15) is 0 Å². The number of halogens is 1. The zero-order valence-corrected chi connectivity index (χ0v) is 17.0. The van der Waals surface area contributed by atoms with E-state index in [4.69, 9.17) is 9.47 Å². The molecular weight excluding hydrogens is 417 g/mol. The van der Waals surface area contributed by atoms with Crippen molar-refractivity contribution in [2.24, 2.45) is 4.99 Å². The van der Waals surface area contributed by atoms with Crippen molar-refractivity contribution in [1.29, 1.82) is 0 Å². The molecule has 1 saturated heterocycles. The third-order valence-corrected chi connectivity index (χ3v) is 3.74. The molecule has 6 heteroatoms. The van der Waals surface area contributed by atoms with Crippen molar-refractivity contribution in [3.63, 3.8) is 0 Å². The first-order valence-corrected chi connectivity index (χ1v) is 8.55. The van der Waals surface area contributed by atoms with Gasteiger partial charge in [-0.3, -0.25) is 0 Å². The molecule has 5 nitrogen and oxygen atoms in total. The van der Waals surface area contributed by atoms with Gasteiger partial charge in [0.05, 0.1) is 19.3 Å². The molecule has 0 aliphatic carbocycles. The van der Waals surface area contributed by atoms with Gasteiger partial charge in [-0.2, -0.15) is 0 Å². The molecule has 24 heavy (non-hydrogen) atoms. The molecule has 1 aliphatic heterocycles. The number of ether oxygens (including phenoxy) is 2. The highest BCUT2D eigenvalue weighted by atomic mass is 127. The van der Waals surface area contributed by atoms with Crippen LogP contribution in [-0.4, -0.2) is 45.0 Å². The Morgan fingerprint density at radius 2 is 2.08 bits per heavy atom. The highest BCUT2D eigenvalue weighted by Gasteiger charge is 2.15. The zero-order valence-electron chi connectivity index (χ0n) is 14.7. The summed E-state index contributed by atoms with van der Waals surface area (Å²) in [6.45, 7) is 8.91. The lowest BCUT2D eigenvalue weighted by atomic mass is 10.1. The third-order valence-electron chi connectivity index (χ3n) is 3.74. The Hall–Kier alpha value is -0.860. The molecule has 2 rings (SSSR count). The predicted octanol–water partition coefficient (Wildman–Crippen LogP) is 2.86. The number of hydrogen-bond acceptors (Lipinski definition) is 3. The van der Waals surface area contributed by atoms with Crippen molar-refractivity contribution >= 4 is 29.9 Å². The van der Waals surface area contributed by atoms with Crippen LogP contribution in [-0.2, 0) is 16.0 Å². The third kappa shape index (κ3) is 8.30. The molecule has 136 valence electrons. The molecule has 1 aromatic rings. The Morgan fingerprint density at radius 1 is 1.29 bits per heavy atom. The molecule has 0 amide bonds. The van der Waals surface area contributed by atoms with Gasteiger partial charge in [-0.15, -0.1) is 24.0 Å². The number of benzene rings is 1. The van der Waals surface area contributed by atoms with E-state index in [1.165, 1.54) is 11.1 Å². The average Bonchev–Trinajstić information content (AvgIpc) is 3.07. The smallest absolute Gasteiger partial charge is 0.191 e. The quantitative estimate of drug-likeness (QED) is 0.279. The summed E-state index contributed by atoms with van der Waals surface area (Å²) < 4.78 is 11.1. The van der Waals surface area contributed by atoms with E-state index in [2.05, 4.69) is 53.7 Å². The van der Waals surface area contributed by atoms with Crippen LogP contribution in [0.4, 0.5) is 0 Å². The first kappa shape index (κ1) is 21.2. The van der Waals surface area contributed by atoms with Gasteiger partial charge in [0.15, 0.2) is 5.96 Å². The van der Waals surface area contributed by atoms with E-state index in [9.17, 15) is 0 Å². The van der Waals surface area contributed by atoms with E-state index < -0.39 is 0 Å². The Labute approximate surface area is 162 Å². The summed E-state index contributed by atoms with van der Waals surface area (Å²) in [5, 5.41) is 6.63. The van der Waals surface area contributed by atoms with E-state index in [-0.39, 0.29) is 24.0 Å². The van der Waals surface area contributed by atoms with Crippen LogP contribution in [0.5, 0.6) is 0 Å². The summed E-state index contributed by atoms with van der Waals surface area (Å²) in [6.07, 6.45) is 2.28. The highest BCUT2D eigenvalue weighted by Crippen LogP contribution is 2.08. The number of aryl methyl sites for hydroxylation is 1. The maximum absolute atomic E-state index is 5.76. The molecule has 2 N–H and O–H groups in total. The van der Waals surface area contributed by atoms with Crippen LogP contribution in [0.3, 0.4) is 0 Å². The maximum atomic E-state index is 5.76. The first-order chi connectivity index (χ1) is 11.3. The lowest BCUT2D eigenvalue weighted by Crippen LogP contribution is -2.38. The van der Waals surface area contributed by atoms with Crippen LogP contribution in [0.15, 0.2) is 29.3 Å². The van der Waals surface area contributed by atoms with Gasteiger partial charge < -0.3 is 20.1 Å². The van der Waals surface area contributed by atoms with E-state index in [1.54, 1.807) is 0 Å². The van der Waals surface area contributed by atoms with Gasteiger partial charge in [-0.05, 0) is 32.3 Å². The number of nitrogens with zero attached hydrogens (tertiary/aromatic N) is 1. The zero-order chi connectivity index (χ0) is 16.3. The predicted molar refractivity (Wildman–Crippen MR) is 109 cm³/mol. The second-order valence-corrected chi connectivity index (χ2v) is 5.82. The maximum Gasteiger partial charge on any atom is 0.191 e. The van der Waals surface area contributed by atoms with Gasteiger partial charge in [0, 0.05) is 26.3 Å². The minimum Gasteiger partial charge on any atom is -0.379 e. The number of hydrogen-bond donors (Lipinski definition) is 2. The molecule has 0 radical (unpaired) electrons. The van der Waals surface area contributed by atoms with Crippen molar-refractivity contribution in [2.45, 2.75) is 39.3 Å². The van der Waals surface area contributed by atoms with Gasteiger partial charge in [0.2, 0.25) is 0 Å². The molecule has 0 spiro atoms. The number of nitrogens with one attached hydrogen (secondary N) is 2. The molecule has 0 bridgehead atoms. The Bertz CT molecular complexity index is 474. The van der Waals surface area contributed by atoms with E-state index >= 15 is 0 Å². The van der Waals surface area contributed by atoms with E-state index in [0.29, 0.717) is 12.6 Å². The Morgan fingerprint density at radius 3 is 2.75 bits per heavy atom. The summed E-state index contributed by atoms with van der Waals surface area (Å²) in [6, 6.07) is 8.49. The lowest BCUT2D eigenvalue weighted by Gasteiger charge is -2.13. The summed E-state index contributed by atoms with van der Waals surface area (Å²) in [7, 11) is 0. The minimum atomic E-state index is 0. The van der Waals surface area contributed by atoms with E-state index in [0.717, 1.165) is 51.7 Å². The standard InChI is InChI=1S/C18H29N3O2.HI/c1-3-19-18(21-13-16-7-5-15(2)6-8-16)20-10-4-11-23-17-9-12-22-14-17;/h5-8,17H,3-4,9-14H2,1-2H3,(H2,19,20,21);1H. The Balaban J connectivity index is 0.00000288. The van der Waals surface area contributed by atoms with E-state index in [1.807, 2.05) is 0 Å². The monoisotopic (exact) mass is 447 g/mol. The van der Waals surface area contributed by atoms with Crippen molar-refractivity contribution in [3.05, 3.63) is 35.4 Å². The molecule has 1 aromatic carbocycles. The molecular formula is C18H30IN3O2. The first-order valence-electron chi connectivity index (χ1n) is 8.55. The van der Waals surface area contributed by atoms with Crippen LogP contribution in [0.25, 0.3) is 0 Å². The molecule has 1 unspecified atom stereocenters. The van der Waals surface area contributed by atoms with Gasteiger partial charge in [-0.1, -0.05) is 29.8 Å². The fourth-order valence-electron chi connectivity index (χ4n) is 2.38. The number of guanidine groups is 1. The number of aliphatic imine (C=N–C) groups is 1. The van der Waals surface area contributed by atoms with Crippen molar-refractivity contribution in [3.8, 4) is 0 Å². The van der Waals surface area contributed by atoms with Crippen LogP contribution in [0.1, 0.15) is 30.9 Å². The fraction of sp³-hybridized carbons (Fsp3) is 0.611. The summed E-state index contributed by atoms with van der Waals surface area (Å²) in [5.41, 5.74) is 2.49. The largest absolute Gasteiger partial charge is 0.379 e. The van der Waals surface area contributed by atoms with Crippen LogP contribution < -0.4 is 10.6 Å². The summed E-state index contributed by atoms with van der Waals surface area (Å²) >= 11 is 0. The van der Waals surface area contributed by atoms with Crippen molar-refractivity contribution < 1.29 is 9.47 Å². The van der Waals surface area contributed by atoms with Crippen LogP contribution >= 0.6 is 24.0 Å². The van der Waals surface area contributed by atoms with Gasteiger partial charge >= 0.3 is 0 Å². The molecule has 0 aromatic heterocycles. The minimum absolute atomic E-state index is 0. The Kier molecular flexibility index (Phi) is 11.0. The summed E-state index contributed by atoms with van der Waals surface area (Å²) in [5.74, 6) is 0.859. The normalized spacial score (nSPS) is 17.4. The van der Waals surface area contributed by atoms with Crippen molar-refractivity contribution in [2.75, 3.05) is 32.9 Å². The lowest BCUT2D eigenvalue weighted by molar-refractivity contribution is 0.0420. The molecule has 1 fully saturated rings. The molecule has 1 heterocycles. The topological polar surface area (TPSA) is 54.9 Å².